The summed E-state index contributed by atoms with van der Waals surface area (Å²) in [6.45, 7) is 0.660. The summed E-state index contributed by atoms with van der Waals surface area (Å²) in [5, 5.41) is 15.4. The third-order valence-corrected chi connectivity index (χ3v) is 3.74. The highest BCUT2D eigenvalue weighted by molar-refractivity contribution is 9.10. The van der Waals surface area contributed by atoms with Gasteiger partial charge in [-0.1, -0.05) is 18.2 Å². The summed E-state index contributed by atoms with van der Waals surface area (Å²) in [5.74, 6) is 0.238. The molecule has 0 aliphatic heterocycles. The molecule has 0 radical (unpaired) electrons. The van der Waals surface area contributed by atoms with Gasteiger partial charge in [0, 0.05) is 19.3 Å². The van der Waals surface area contributed by atoms with E-state index in [0.717, 1.165) is 16.8 Å². The number of rotatable bonds is 5. The fourth-order valence-corrected chi connectivity index (χ4v) is 2.30. The van der Waals surface area contributed by atoms with Crippen LogP contribution in [-0.4, -0.2) is 18.1 Å². The van der Waals surface area contributed by atoms with Crippen LogP contribution in [0.3, 0.4) is 0 Å². The van der Waals surface area contributed by atoms with E-state index in [1.54, 1.807) is 13.1 Å². The monoisotopic (exact) mass is 348 g/mol. The number of hydrogen-bond donors (Lipinski definition) is 3. The SMILES string of the molecule is CNC(=O)Cc1ccc(NCc2ccc(O)c(Br)c2)cc1. The van der Waals surface area contributed by atoms with Crippen molar-refractivity contribution in [2.45, 2.75) is 13.0 Å². The van der Waals surface area contributed by atoms with Crippen molar-refractivity contribution >= 4 is 27.5 Å². The molecule has 0 spiro atoms. The summed E-state index contributed by atoms with van der Waals surface area (Å²) < 4.78 is 0.683. The minimum absolute atomic E-state index is 0.00431. The molecule has 0 aliphatic rings. The Morgan fingerprint density at radius 3 is 2.43 bits per heavy atom. The molecule has 3 N–H and O–H groups in total. The third kappa shape index (κ3) is 4.49. The van der Waals surface area contributed by atoms with Crippen LogP contribution in [0.1, 0.15) is 11.1 Å². The summed E-state index contributed by atoms with van der Waals surface area (Å²) in [4.78, 5) is 11.3. The zero-order chi connectivity index (χ0) is 15.2. The number of phenols is 1. The van der Waals surface area contributed by atoms with Gasteiger partial charge in [-0.3, -0.25) is 4.79 Å². The van der Waals surface area contributed by atoms with Crippen molar-refractivity contribution in [3.63, 3.8) is 0 Å². The van der Waals surface area contributed by atoms with E-state index < -0.39 is 0 Å². The molecule has 110 valence electrons. The number of amides is 1. The Morgan fingerprint density at radius 2 is 1.81 bits per heavy atom. The number of carbonyl (C=O) groups is 1. The summed E-state index contributed by atoms with van der Waals surface area (Å²) in [6, 6.07) is 13.2. The lowest BCUT2D eigenvalue weighted by atomic mass is 10.1. The van der Waals surface area contributed by atoms with Crippen LogP contribution in [0.15, 0.2) is 46.9 Å². The molecule has 0 aliphatic carbocycles. The number of hydrogen-bond acceptors (Lipinski definition) is 3. The van der Waals surface area contributed by atoms with Gasteiger partial charge in [0.15, 0.2) is 0 Å². The number of likely N-dealkylation sites (N-methyl/N-ethyl adjacent to an activating group) is 1. The van der Waals surface area contributed by atoms with Crippen molar-refractivity contribution < 1.29 is 9.90 Å². The lowest BCUT2D eigenvalue weighted by Gasteiger charge is -2.08. The highest BCUT2D eigenvalue weighted by Gasteiger charge is 2.02. The average Bonchev–Trinajstić information content (AvgIpc) is 2.50. The number of aromatic hydroxyl groups is 1. The second-order valence-corrected chi connectivity index (χ2v) is 5.54. The number of anilines is 1. The fourth-order valence-electron chi connectivity index (χ4n) is 1.88. The first-order chi connectivity index (χ1) is 10.1. The minimum Gasteiger partial charge on any atom is -0.507 e. The highest BCUT2D eigenvalue weighted by Crippen LogP contribution is 2.24. The van der Waals surface area contributed by atoms with Gasteiger partial charge in [0.2, 0.25) is 5.91 Å². The molecular formula is C16H17BrN2O2. The largest absolute Gasteiger partial charge is 0.507 e. The summed E-state index contributed by atoms with van der Waals surface area (Å²) >= 11 is 3.30. The molecule has 0 bridgehead atoms. The Morgan fingerprint density at radius 1 is 1.14 bits per heavy atom. The molecule has 2 aromatic rings. The van der Waals surface area contributed by atoms with Crippen molar-refractivity contribution in [1.29, 1.82) is 0 Å². The molecular weight excluding hydrogens is 332 g/mol. The third-order valence-electron chi connectivity index (χ3n) is 3.11. The Balaban J connectivity index is 1.94. The van der Waals surface area contributed by atoms with Gasteiger partial charge >= 0.3 is 0 Å². The van der Waals surface area contributed by atoms with Crippen molar-refractivity contribution in [3.8, 4) is 5.75 Å². The molecule has 0 heterocycles. The van der Waals surface area contributed by atoms with E-state index in [0.29, 0.717) is 17.4 Å². The maximum Gasteiger partial charge on any atom is 0.224 e. The van der Waals surface area contributed by atoms with Gasteiger partial charge in [0.25, 0.3) is 0 Å². The van der Waals surface area contributed by atoms with Gasteiger partial charge in [-0.05, 0) is 51.3 Å². The number of benzene rings is 2. The number of nitrogens with one attached hydrogen (secondary N) is 2. The van der Waals surface area contributed by atoms with Gasteiger partial charge < -0.3 is 15.7 Å². The lowest BCUT2D eigenvalue weighted by molar-refractivity contribution is -0.119. The van der Waals surface area contributed by atoms with Crippen LogP contribution in [-0.2, 0) is 17.8 Å². The Bertz CT molecular complexity index is 627. The lowest BCUT2D eigenvalue weighted by Crippen LogP contribution is -2.19. The molecule has 1 amide bonds. The zero-order valence-corrected chi connectivity index (χ0v) is 13.3. The first kappa shape index (κ1) is 15.4. The summed E-state index contributed by atoms with van der Waals surface area (Å²) in [6.07, 6.45) is 0.391. The zero-order valence-electron chi connectivity index (χ0n) is 11.7. The van der Waals surface area contributed by atoms with Crippen molar-refractivity contribution in [2.75, 3.05) is 12.4 Å². The number of phenolic OH excluding ortho intramolecular Hbond substituents is 1. The molecule has 0 saturated carbocycles. The van der Waals surface area contributed by atoms with E-state index >= 15 is 0 Å². The van der Waals surface area contributed by atoms with Gasteiger partial charge in [-0.2, -0.15) is 0 Å². The second kappa shape index (κ2) is 7.13. The molecule has 0 unspecified atom stereocenters. The van der Waals surface area contributed by atoms with Gasteiger partial charge in [-0.25, -0.2) is 0 Å². The maximum atomic E-state index is 11.3. The van der Waals surface area contributed by atoms with Gasteiger partial charge in [0.05, 0.1) is 10.9 Å². The average molecular weight is 349 g/mol. The predicted molar refractivity (Wildman–Crippen MR) is 87.3 cm³/mol. The van der Waals surface area contributed by atoms with Crippen molar-refractivity contribution in [3.05, 3.63) is 58.1 Å². The van der Waals surface area contributed by atoms with Crippen molar-refractivity contribution in [1.82, 2.24) is 5.32 Å². The first-order valence-corrected chi connectivity index (χ1v) is 7.38. The highest BCUT2D eigenvalue weighted by atomic mass is 79.9. The molecule has 5 heteroatoms. The van der Waals surface area contributed by atoms with Crippen LogP contribution in [0.2, 0.25) is 0 Å². The number of carbonyl (C=O) groups excluding carboxylic acids is 1. The van der Waals surface area contributed by atoms with Crippen LogP contribution < -0.4 is 10.6 Å². The predicted octanol–water partition coefficient (Wildman–Crippen LogP) is 3.06. The summed E-state index contributed by atoms with van der Waals surface area (Å²) in [7, 11) is 1.63. The van der Waals surface area contributed by atoms with Crippen LogP contribution in [0.25, 0.3) is 0 Å². The molecule has 0 fully saturated rings. The van der Waals surface area contributed by atoms with E-state index in [4.69, 9.17) is 0 Å². The van der Waals surface area contributed by atoms with Crippen LogP contribution in [0.4, 0.5) is 5.69 Å². The molecule has 4 nitrogen and oxygen atoms in total. The van der Waals surface area contributed by atoms with Gasteiger partial charge in [-0.15, -0.1) is 0 Å². The quantitative estimate of drug-likeness (QED) is 0.778. The first-order valence-electron chi connectivity index (χ1n) is 6.59. The standard InChI is InChI=1S/C16H17BrN2O2/c1-18-16(21)9-11-2-5-13(6-3-11)19-10-12-4-7-15(20)14(17)8-12/h2-8,19-20H,9-10H2,1H3,(H,18,21). The maximum absolute atomic E-state index is 11.3. The second-order valence-electron chi connectivity index (χ2n) is 4.69. The Kier molecular flexibility index (Phi) is 5.22. The van der Waals surface area contributed by atoms with E-state index in [1.807, 2.05) is 36.4 Å². The molecule has 0 saturated heterocycles. The van der Waals surface area contributed by atoms with Crippen LogP contribution in [0.5, 0.6) is 5.75 Å². The van der Waals surface area contributed by atoms with Crippen LogP contribution >= 0.6 is 15.9 Å². The normalized spacial score (nSPS) is 10.2. The van der Waals surface area contributed by atoms with Crippen LogP contribution in [0, 0.1) is 0 Å². The number of halogens is 1. The van der Waals surface area contributed by atoms with E-state index in [1.165, 1.54) is 0 Å². The van der Waals surface area contributed by atoms with Crippen molar-refractivity contribution in [2.24, 2.45) is 0 Å². The van der Waals surface area contributed by atoms with E-state index in [9.17, 15) is 9.90 Å². The Labute approximate surface area is 132 Å². The molecule has 0 atom stereocenters. The topological polar surface area (TPSA) is 61.4 Å². The van der Waals surface area contributed by atoms with Gasteiger partial charge in [0.1, 0.15) is 5.75 Å². The molecule has 21 heavy (non-hydrogen) atoms. The van der Waals surface area contributed by atoms with E-state index in [2.05, 4.69) is 26.6 Å². The fraction of sp³-hybridized carbons (Fsp3) is 0.188. The molecule has 0 aromatic heterocycles. The minimum atomic E-state index is 0.00431. The smallest absolute Gasteiger partial charge is 0.224 e. The summed E-state index contributed by atoms with van der Waals surface area (Å²) in [5.41, 5.74) is 3.03. The molecule has 2 aromatic carbocycles. The Hall–Kier alpha value is -2.01. The molecule has 2 rings (SSSR count). The van der Waals surface area contributed by atoms with E-state index in [-0.39, 0.29) is 11.7 Å².